The van der Waals surface area contributed by atoms with Crippen molar-refractivity contribution in [1.82, 2.24) is 9.78 Å². The van der Waals surface area contributed by atoms with Crippen LogP contribution >= 0.6 is 15.9 Å². The van der Waals surface area contributed by atoms with Gasteiger partial charge in [0.25, 0.3) is 0 Å². The number of nitrogens with two attached hydrogens (primary N) is 1. The Kier molecular flexibility index (Phi) is 2.40. The second-order valence-corrected chi connectivity index (χ2v) is 4.64. The zero-order valence-corrected chi connectivity index (χ0v) is 10.5. The van der Waals surface area contributed by atoms with E-state index in [-0.39, 0.29) is 0 Å². The molecule has 0 saturated heterocycles. The third kappa shape index (κ3) is 1.82. The SMILES string of the molecule is Nc1c(Br)cnn1Cc1cc2ccccc2o1. The summed E-state index contributed by atoms with van der Waals surface area (Å²) < 4.78 is 8.20. The first-order valence-corrected chi connectivity index (χ1v) is 5.97. The minimum absolute atomic E-state index is 0.534. The van der Waals surface area contributed by atoms with E-state index in [0.29, 0.717) is 12.4 Å². The maximum absolute atomic E-state index is 5.86. The lowest BCUT2D eigenvalue weighted by Crippen LogP contribution is -2.04. The van der Waals surface area contributed by atoms with Gasteiger partial charge in [-0.2, -0.15) is 5.10 Å². The molecule has 0 aliphatic rings. The Bertz CT molecular complexity index is 638. The summed E-state index contributed by atoms with van der Waals surface area (Å²) in [5, 5.41) is 5.26. The largest absolute Gasteiger partial charge is 0.459 e. The van der Waals surface area contributed by atoms with Gasteiger partial charge in [-0.1, -0.05) is 18.2 Å². The molecule has 1 aromatic carbocycles. The number of halogens is 1. The molecule has 0 unspecified atom stereocenters. The van der Waals surface area contributed by atoms with Crippen molar-refractivity contribution in [3.05, 3.63) is 46.8 Å². The van der Waals surface area contributed by atoms with Gasteiger partial charge in [-0.25, -0.2) is 4.68 Å². The summed E-state index contributed by atoms with van der Waals surface area (Å²) in [5.41, 5.74) is 6.74. The number of hydrogen-bond donors (Lipinski definition) is 1. The van der Waals surface area contributed by atoms with Crippen LogP contribution in [0, 0.1) is 0 Å². The quantitative estimate of drug-likeness (QED) is 0.790. The zero-order valence-electron chi connectivity index (χ0n) is 8.93. The monoisotopic (exact) mass is 291 g/mol. The summed E-state index contributed by atoms with van der Waals surface area (Å²) in [7, 11) is 0. The van der Waals surface area contributed by atoms with Gasteiger partial charge in [-0.05, 0) is 28.1 Å². The van der Waals surface area contributed by atoms with E-state index in [1.54, 1.807) is 10.9 Å². The van der Waals surface area contributed by atoms with Gasteiger partial charge in [0.15, 0.2) is 0 Å². The Morgan fingerprint density at radius 2 is 2.18 bits per heavy atom. The van der Waals surface area contributed by atoms with Crippen LogP contribution in [-0.2, 0) is 6.54 Å². The van der Waals surface area contributed by atoms with Gasteiger partial charge in [0.2, 0.25) is 0 Å². The smallest absolute Gasteiger partial charge is 0.136 e. The molecule has 0 spiro atoms. The van der Waals surface area contributed by atoms with Crippen molar-refractivity contribution in [3.63, 3.8) is 0 Å². The van der Waals surface area contributed by atoms with Gasteiger partial charge < -0.3 is 10.2 Å². The fraction of sp³-hybridized carbons (Fsp3) is 0.0833. The molecule has 17 heavy (non-hydrogen) atoms. The molecular formula is C12H10BrN3O. The minimum atomic E-state index is 0.534. The predicted octanol–water partition coefficient (Wildman–Crippen LogP) is 3.02. The summed E-state index contributed by atoms with van der Waals surface area (Å²) in [4.78, 5) is 0. The van der Waals surface area contributed by atoms with Gasteiger partial charge in [-0.15, -0.1) is 0 Å². The number of benzene rings is 1. The van der Waals surface area contributed by atoms with E-state index in [2.05, 4.69) is 21.0 Å². The maximum atomic E-state index is 5.86. The van der Waals surface area contributed by atoms with Gasteiger partial charge in [-0.3, -0.25) is 0 Å². The molecule has 2 heterocycles. The molecule has 0 aliphatic carbocycles. The van der Waals surface area contributed by atoms with E-state index in [9.17, 15) is 0 Å². The van der Waals surface area contributed by atoms with Crippen LogP contribution in [0.2, 0.25) is 0 Å². The Balaban J connectivity index is 1.97. The summed E-state index contributed by atoms with van der Waals surface area (Å²) in [5.74, 6) is 1.44. The van der Waals surface area contributed by atoms with Crippen LogP contribution in [0.25, 0.3) is 11.0 Å². The fourth-order valence-electron chi connectivity index (χ4n) is 1.76. The third-order valence-electron chi connectivity index (χ3n) is 2.62. The molecular weight excluding hydrogens is 282 g/mol. The number of furan rings is 1. The number of para-hydroxylation sites is 1. The van der Waals surface area contributed by atoms with Gasteiger partial charge in [0.1, 0.15) is 23.7 Å². The van der Waals surface area contributed by atoms with E-state index in [1.807, 2.05) is 30.3 Å². The lowest BCUT2D eigenvalue weighted by Gasteiger charge is -2.00. The van der Waals surface area contributed by atoms with Crippen LogP contribution in [0.1, 0.15) is 5.76 Å². The Hall–Kier alpha value is -1.75. The summed E-state index contributed by atoms with van der Waals surface area (Å²) in [6.45, 7) is 0.534. The zero-order chi connectivity index (χ0) is 11.8. The first-order valence-electron chi connectivity index (χ1n) is 5.18. The third-order valence-corrected chi connectivity index (χ3v) is 3.23. The molecule has 0 amide bonds. The Morgan fingerprint density at radius 3 is 2.88 bits per heavy atom. The van der Waals surface area contributed by atoms with Gasteiger partial charge >= 0.3 is 0 Å². The number of aromatic nitrogens is 2. The second kappa shape index (κ2) is 3.92. The number of anilines is 1. The molecule has 3 aromatic rings. The topological polar surface area (TPSA) is 57.0 Å². The first kappa shape index (κ1) is 10.4. The molecule has 86 valence electrons. The minimum Gasteiger partial charge on any atom is -0.459 e. The molecule has 2 aromatic heterocycles. The molecule has 0 aliphatic heterocycles. The number of nitrogen functional groups attached to an aromatic ring is 1. The van der Waals surface area contributed by atoms with Crippen molar-refractivity contribution in [1.29, 1.82) is 0 Å². The molecule has 3 rings (SSSR count). The van der Waals surface area contributed by atoms with Crippen molar-refractivity contribution in [2.45, 2.75) is 6.54 Å². The summed E-state index contributed by atoms with van der Waals surface area (Å²) in [6.07, 6.45) is 1.68. The molecule has 0 bridgehead atoms. The highest BCUT2D eigenvalue weighted by molar-refractivity contribution is 9.10. The van der Waals surface area contributed by atoms with Crippen LogP contribution in [0.3, 0.4) is 0 Å². The lowest BCUT2D eigenvalue weighted by atomic mass is 10.2. The van der Waals surface area contributed by atoms with Crippen molar-refractivity contribution >= 4 is 32.7 Å². The molecule has 0 fully saturated rings. The van der Waals surface area contributed by atoms with Crippen molar-refractivity contribution in [2.24, 2.45) is 0 Å². The van der Waals surface area contributed by atoms with E-state index in [1.165, 1.54) is 0 Å². The van der Waals surface area contributed by atoms with Crippen molar-refractivity contribution < 1.29 is 4.42 Å². The van der Waals surface area contributed by atoms with Gasteiger partial charge in [0, 0.05) is 5.39 Å². The number of nitrogens with zero attached hydrogens (tertiary/aromatic N) is 2. The van der Waals surface area contributed by atoms with E-state index in [4.69, 9.17) is 10.2 Å². The van der Waals surface area contributed by atoms with E-state index < -0.39 is 0 Å². The average molecular weight is 292 g/mol. The van der Waals surface area contributed by atoms with Crippen LogP contribution in [-0.4, -0.2) is 9.78 Å². The number of rotatable bonds is 2. The van der Waals surface area contributed by atoms with Crippen molar-refractivity contribution in [2.75, 3.05) is 5.73 Å². The summed E-state index contributed by atoms with van der Waals surface area (Å²) in [6, 6.07) is 9.91. The molecule has 4 nitrogen and oxygen atoms in total. The Labute approximate surface area is 106 Å². The highest BCUT2D eigenvalue weighted by atomic mass is 79.9. The Morgan fingerprint density at radius 1 is 1.35 bits per heavy atom. The number of fused-ring (bicyclic) bond motifs is 1. The highest BCUT2D eigenvalue weighted by Gasteiger charge is 2.08. The predicted molar refractivity (Wildman–Crippen MR) is 69.7 cm³/mol. The van der Waals surface area contributed by atoms with E-state index >= 15 is 0 Å². The lowest BCUT2D eigenvalue weighted by molar-refractivity contribution is 0.512. The number of hydrogen-bond acceptors (Lipinski definition) is 3. The highest BCUT2D eigenvalue weighted by Crippen LogP contribution is 2.22. The van der Waals surface area contributed by atoms with Crippen molar-refractivity contribution in [3.8, 4) is 0 Å². The normalized spacial score (nSPS) is 11.1. The van der Waals surface area contributed by atoms with Crippen LogP contribution in [0.4, 0.5) is 5.82 Å². The fourth-order valence-corrected chi connectivity index (χ4v) is 2.06. The first-order chi connectivity index (χ1) is 8.24. The van der Waals surface area contributed by atoms with Crippen LogP contribution in [0.15, 0.2) is 45.4 Å². The van der Waals surface area contributed by atoms with E-state index in [0.717, 1.165) is 21.2 Å². The average Bonchev–Trinajstić information content (AvgIpc) is 2.87. The molecule has 0 radical (unpaired) electrons. The standard InChI is InChI=1S/C12H10BrN3O/c13-10-6-15-16(12(10)14)7-9-5-8-3-1-2-4-11(8)17-9/h1-6H,7,14H2. The molecule has 2 N–H and O–H groups in total. The van der Waals surface area contributed by atoms with Crippen LogP contribution in [0.5, 0.6) is 0 Å². The van der Waals surface area contributed by atoms with Crippen LogP contribution < -0.4 is 5.73 Å². The maximum Gasteiger partial charge on any atom is 0.136 e. The molecule has 0 saturated carbocycles. The molecule has 0 atom stereocenters. The summed E-state index contributed by atoms with van der Waals surface area (Å²) >= 11 is 3.33. The van der Waals surface area contributed by atoms with Gasteiger partial charge in [0.05, 0.1) is 10.7 Å². The molecule has 5 heteroatoms. The second-order valence-electron chi connectivity index (χ2n) is 3.79.